The predicted molar refractivity (Wildman–Crippen MR) is 59.5 cm³/mol. The molecule has 0 N–H and O–H groups in total. The molecule has 0 radical (unpaired) electrons. The van der Waals surface area contributed by atoms with Gasteiger partial charge in [-0.05, 0) is 18.3 Å². The molecule has 3 nitrogen and oxygen atoms in total. The summed E-state index contributed by atoms with van der Waals surface area (Å²) < 4.78 is 0. The van der Waals surface area contributed by atoms with Crippen LogP contribution in [0, 0.1) is 5.41 Å². The fourth-order valence-corrected chi connectivity index (χ4v) is 1.78. The van der Waals surface area contributed by atoms with Crippen LogP contribution in [0.4, 0.5) is 0 Å². The smallest absolute Gasteiger partial charge is 0.222 e. The number of hydrogen-bond acceptors (Lipinski definition) is 2. The third kappa shape index (κ3) is 3.65. The van der Waals surface area contributed by atoms with Gasteiger partial charge in [-0.25, -0.2) is 0 Å². The van der Waals surface area contributed by atoms with Crippen LogP contribution in [-0.4, -0.2) is 29.7 Å². The molecule has 1 aliphatic heterocycles. The van der Waals surface area contributed by atoms with Gasteiger partial charge in [0.2, 0.25) is 5.91 Å². The van der Waals surface area contributed by atoms with Crippen LogP contribution in [0.5, 0.6) is 0 Å². The predicted octanol–water partition coefficient (Wildman–Crippen LogP) is 2.00. The minimum absolute atomic E-state index is 0.141. The second-order valence-corrected chi connectivity index (χ2v) is 5.12. The fourth-order valence-electron chi connectivity index (χ4n) is 1.78. The summed E-state index contributed by atoms with van der Waals surface area (Å²) in [5, 5.41) is 0. The highest BCUT2D eigenvalue weighted by Gasteiger charge is 2.27. The van der Waals surface area contributed by atoms with Gasteiger partial charge >= 0.3 is 0 Å². The molecule has 1 aliphatic rings. The van der Waals surface area contributed by atoms with Gasteiger partial charge in [0.25, 0.3) is 0 Å². The van der Waals surface area contributed by atoms with Crippen molar-refractivity contribution in [2.24, 2.45) is 5.41 Å². The third-order valence-electron chi connectivity index (χ3n) is 3.19. The highest BCUT2D eigenvalue weighted by atomic mass is 16.2. The van der Waals surface area contributed by atoms with Gasteiger partial charge < -0.3 is 4.90 Å². The molecule has 1 amide bonds. The largest absolute Gasteiger partial charge is 0.335 e. The molecule has 0 bridgehead atoms. The minimum Gasteiger partial charge on any atom is -0.335 e. The van der Waals surface area contributed by atoms with E-state index in [-0.39, 0.29) is 17.1 Å². The van der Waals surface area contributed by atoms with Crippen molar-refractivity contribution in [3.05, 3.63) is 0 Å². The Hall–Kier alpha value is -0.860. The molecule has 86 valence electrons. The maximum atomic E-state index is 11.7. The lowest BCUT2D eigenvalue weighted by Crippen LogP contribution is -2.35. The van der Waals surface area contributed by atoms with E-state index in [0.717, 1.165) is 19.4 Å². The Labute approximate surface area is 91.8 Å². The first-order valence-electron chi connectivity index (χ1n) is 5.74. The molecule has 1 fully saturated rings. The zero-order chi connectivity index (χ0) is 11.5. The summed E-state index contributed by atoms with van der Waals surface area (Å²) >= 11 is 0. The van der Waals surface area contributed by atoms with Crippen molar-refractivity contribution in [1.82, 2.24) is 4.90 Å². The molecule has 0 atom stereocenters. The Balaban J connectivity index is 2.58. The molecule has 0 aromatic heterocycles. The Morgan fingerprint density at radius 3 is 2.67 bits per heavy atom. The van der Waals surface area contributed by atoms with Crippen molar-refractivity contribution >= 4 is 11.7 Å². The number of ketones is 1. The van der Waals surface area contributed by atoms with Crippen molar-refractivity contribution in [3.8, 4) is 0 Å². The Kier molecular flexibility index (Phi) is 3.89. The van der Waals surface area contributed by atoms with Crippen LogP contribution < -0.4 is 0 Å². The van der Waals surface area contributed by atoms with Crippen LogP contribution in [0.3, 0.4) is 0 Å². The summed E-state index contributed by atoms with van der Waals surface area (Å²) in [6, 6.07) is 0. The van der Waals surface area contributed by atoms with Crippen LogP contribution in [0.2, 0.25) is 0 Å². The lowest BCUT2D eigenvalue weighted by atomic mass is 9.85. The average molecular weight is 211 g/mol. The first-order chi connectivity index (χ1) is 6.94. The quantitative estimate of drug-likeness (QED) is 0.716. The van der Waals surface area contributed by atoms with Crippen molar-refractivity contribution < 1.29 is 9.59 Å². The normalized spacial score (nSPS) is 21.3. The molecular formula is C12H21NO2. The summed E-state index contributed by atoms with van der Waals surface area (Å²) in [5.41, 5.74) is 0.236. The van der Waals surface area contributed by atoms with E-state index < -0.39 is 0 Å². The van der Waals surface area contributed by atoms with Crippen LogP contribution >= 0.6 is 0 Å². The van der Waals surface area contributed by atoms with Crippen LogP contribution in [0.15, 0.2) is 0 Å². The molecule has 0 spiro atoms. The molecule has 0 aliphatic carbocycles. The second kappa shape index (κ2) is 4.77. The Morgan fingerprint density at radius 1 is 1.40 bits per heavy atom. The lowest BCUT2D eigenvalue weighted by Gasteiger charge is -2.22. The summed E-state index contributed by atoms with van der Waals surface area (Å²) in [6.07, 6.45) is 3.04. The summed E-state index contributed by atoms with van der Waals surface area (Å²) in [5.74, 6) is 0.297. The molecule has 1 heterocycles. The average Bonchev–Trinajstić information content (AvgIpc) is 2.31. The van der Waals surface area contributed by atoms with Gasteiger partial charge in [-0.2, -0.15) is 0 Å². The molecule has 15 heavy (non-hydrogen) atoms. The number of carbonyl (C=O) groups is 2. The van der Waals surface area contributed by atoms with Crippen LogP contribution in [0.1, 0.15) is 46.5 Å². The lowest BCUT2D eigenvalue weighted by molar-refractivity contribution is -0.134. The van der Waals surface area contributed by atoms with Gasteiger partial charge in [-0.15, -0.1) is 0 Å². The molecule has 1 rings (SSSR count). The first kappa shape index (κ1) is 12.2. The molecule has 1 saturated heterocycles. The van der Waals surface area contributed by atoms with E-state index in [0.29, 0.717) is 19.4 Å². The summed E-state index contributed by atoms with van der Waals surface area (Å²) in [6.45, 7) is 7.26. The summed E-state index contributed by atoms with van der Waals surface area (Å²) in [4.78, 5) is 24.8. The van der Waals surface area contributed by atoms with Crippen LogP contribution in [0.25, 0.3) is 0 Å². The number of rotatable bonds is 3. The van der Waals surface area contributed by atoms with Crippen molar-refractivity contribution in [2.75, 3.05) is 13.1 Å². The van der Waals surface area contributed by atoms with Gasteiger partial charge in [0.1, 0.15) is 0 Å². The molecule has 0 aromatic rings. The molecule has 0 unspecified atom stereocenters. The van der Waals surface area contributed by atoms with E-state index in [1.165, 1.54) is 0 Å². The number of Topliss-reactive ketones (excluding diaryl/α,β-unsaturated/α-hetero) is 1. The minimum atomic E-state index is 0.141. The zero-order valence-electron chi connectivity index (χ0n) is 10.0. The maximum absolute atomic E-state index is 11.7. The van der Waals surface area contributed by atoms with Crippen molar-refractivity contribution in [2.45, 2.75) is 46.5 Å². The molecule has 3 heteroatoms. The van der Waals surface area contributed by atoms with Gasteiger partial charge in [-0.1, -0.05) is 20.8 Å². The first-order valence-corrected chi connectivity index (χ1v) is 5.74. The van der Waals surface area contributed by atoms with Gasteiger partial charge in [0, 0.05) is 19.4 Å². The standard InChI is InChI=1S/C12H21NO2/c1-4-10(14)9-13-8-7-12(2,3)6-5-11(13)15/h4-9H2,1-3H3. The van der Waals surface area contributed by atoms with Gasteiger partial charge in [0.05, 0.1) is 6.54 Å². The van der Waals surface area contributed by atoms with E-state index >= 15 is 0 Å². The Morgan fingerprint density at radius 2 is 2.07 bits per heavy atom. The van der Waals surface area contributed by atoms with E-state index in [2.05, 4.69) is 13.8 Å². The van der Waals surface area contributed by atoms with Crippen molar-refractivity contribution in [3.63, 3.8) is 0 Å². The number of carbonyl (C=O) groups excluding carboxylic acids is 2. The number of hydrogen-bond donors (Lipinski definition) is 0. The highest BCUT2D eigenvalue weighted by Crippen LogP contribution is 2.30. The zero-order valence-corrected chi connectivity index (χ0v) is 10.0. The third-order valence-corrected chi connectivity index (χ3v) is 3.19. The second-order valence-electron chi connectivity index (χ2n) is 5.12. The highest BCUT2D eigenvalue weighted by molar-refractivity contribution is 5.86. The summed E-state index contributed by atoms with van der Waals surface area (Å²) in [7, 11) is 0. The number of nitrogens with zero attached hydrogens (tertiary/aromatic N) is 1. The van der Waals surface area contributed by atoms with Crippen LogP contribution in [-0.2, 0) is 9.59 Å². The Bertz CT molecular complexity index is 258. The topological polar surface area (TPSA) is 37.4 Å². The fraction of sp³-hybridized carbons (Fsp3) is 0.833. The van der Waals surface area contributed by atoms with E-state index in [4.69, 9.17) is 0 Å². The SMILES string of the molecule is CCC(=O)CN1CCC(C)(C)CCC1=O. The molecule has 0 saturated carbocycles. The van der Waals surface area contributed by atoms with Gasteiger partial charge in [-0.3, -0.25) is 9.59 Å². The maximum Gasteiger partial charge on any atom is 0.222 e. The van der Waals surface area contributed by atoms with E-state index in [1.54, 1.807) is 4.90 Å². The number of amides is 1. The van der Waals surface area contributed by atoms with Gasteiger partial charge in [0.15, 0.2) is 5.78 Å². The van der Waals surface area contributed by atoms with E-state index in [9.17, 15) is 9.59 Å². The monoisotopic (exact) mass is 211 g/mol. The molecule has 0 aromatic carbocycles. The molecular weight excluding hydrogens is 190 g/mol. The number of likely N-dealkylation sites (tertiary alicyclic amines) is 1. The van der Waals surface area contributed by atoms with E-state index in [1.807, 2.05) is 6.92 Å². The van der Waals surface area contributed by atoms with Crippen molar-refractivity contribution in [1.29, 1.82) is 0 Å².